The van der Waals surface area contributed by atoms with E-state index < -0.39 is 0 Å². The van der Waals surface area contributed by atoms with Gasteiger partial charge >= 0.3 is 0 Å². The lowest BCUT2D eigenvalue weighted by Crippen LogP contribution is -2.11. The summed E-state index contributed by atoms with van der Waals surface area (Å²) in [4.78, 5) is 2.33. The largest absolute Gasteiger partial charge is 0.456 e. The van der Waals surface area contributed by atoms with Gasteiger partial charge in [0.1, 0.15) is 22.3 Å². The summed E-state index contributed by atoms with van der Waals surface area (Å²) in [6.45, 7) is 0. The van der Waals surface area contributed by atoms with Crippen molar-refractivity contribution in [3.63, 3.8) is 0 Å². The fourth-order valence-electron chi connectivity index (χ4n) is 8.21. The van der Waals surface area contributed by atoms with E-state index in [1.165, 1.54) is 27.5 Å². The van der Waals surface area contributed by atoms with Gasteiger partial charge in [0.15, 0.2) is 0 Å². The fourth-order valence-corrected chi connectivity index (χ4v) is 8.21. The van der Waals surface area contributed by atoms with Gasteiger partial charge in [0.05, 0.1) is 5.69 Å². The zero-order chi connectivity index (χ0) is 36.3. The Bertz CT molecular complexity index is 3200. The van der Waals surface area contributed by atoms with Crippen molar-refractivity contribution in [2.24, 2.45) is 0 Å². The number of para-hydroxylation sites is 3. The number of hydrogen-bond acceptors (Lipinski definition) is 3. The van der Waals surface area contributed by atoms with E-state index in [2.05, 4.69) is 181 Å². The molecular weight excluding hydrogens is 671 g/mol. The minimum absolute atomic E-state index is 0.854. The van der Waals surface area contributed by atoms with E-state index in [4.69, 9.17) is 8.83 Å². The quantitative estimate of drug-likeness (QED) is 0.173. The lowest BCUT2D eigenvalue weighted by Gasteiger charge is -2.28. The third kappa shape index (κ3) is 5.28. The highest BCUT2D eigenvalue weighted by Gasteiger charge is 2.20. The zero-order valence-electron chi connectivity index (χ0n) is 29.8. The molecule has 55 heavy (non-hydrogen) atoms. The third-order valence-electron chi connectivity index (χ3n) is 10.9. The normalized spacial score (nSPS) is 11.6. The van der Waals surface area contributed by atoms with Crippen molar-refractivity contribution >= 4 is 71.7 Å². The van der Waals surface area contributed by atoms with Gasteiger partial charge in [-0.3, -0.25) is 0 Å². The van der Waals surface area contributed by atoms with Crippen molar-refractivity contribution in [3.05, 3.63) is 200 Å². The lowest BCUT2D eigenvalue weighted by molar-refractivity contribution is 0.668. The smallest absolute Gasteiger partial charge is 0.137 e. The van der Waals surface area contributed by atoms with Crippen LogP contribution >= 0.6 is 0 Å². The Morgan fingerprint density at radius 1 is 0.291 bits per heavy atom. The van der Waals surface area contributed by atoms with Crippen LogP contribution in [0.2, 0.25) is 0 Å². The number of nitrogens with zero attached hydrogens (tertiary/aromatic N) is 1. The summed E-state index contributed by atoms with van der Waals surface area (Å²) in [6.07, 6.45) is 0. The first-order chi connectivity index (χ1) is 27.2. The van der Waals surface area contributed by atoms with Crippen LogP contribution in [-0.2, 0) is 0 Å². The summed E-state index contributed by atoms with van der Waals surface area (Å²) < 4.78 is 12.8. The van der Waals surface area contributed by atoms with Gasteiger partial charge in [0, 0.05) is 44.5 Å². The van der Waals surface area contributed by atoms with Crippen molar-refractivity contribution in [2.75, 3.05) is 4.90 Å². The van der Waals surface area contributed by atoms with Crippen LogP contribution in [0.3, 0.4) is 0 Å². The molecule has 0 amide bonds. The monoisotopic (exact) mass is 703 g/mol. The predicted molar refractivity (Wildman–Crippen MR) is 229 cm³/mol. The Balaban J connectivity index is 1.02. The summed E-state index contributed by atoms with van der Waals surface area (Å²) in [6, 6.07) is 71.0. The second-order valence-electron chi connectivity index (χ2n) is 14.1. The van der Waals surface area contributed by atoms with Gasteiger partial charge in [-0.15, -0.1) is 0 Å². The molecule has 0 radical (unpaired) electrons. The summed E-state index contributed by atoms with van der Waals surface area (Å²) in [5.41, 5.74) is 13.6. The number of anilines is 3. The van der Waals surface area contributed by atoms with Crippen LogP contribution in [-0.4, -0.2) is 0 Å². The van der Waals surface area contributed by atoms with Crippen LogP contribution in [0.4, 0.5) is 17.1 Å². The van der Waals surface area contributed by atoms with Gasteiger partial charge in [-0.25, -0.2) is 0 Å². The van der Waals surface area contributed by atoms with Crippen molar-refractivity contribution in [1.82, 2.24) is 0 Å². The molecule has 2 heterocycles. The predicted octanol–water partition coefficient (Wildman–Crippen LogP) is 15.1. The van der Waals surface area contributed by atoms with Crippen LogP contribution in [0.25, 0.3) is 88.0 Å². The summed E-state index contributed by atoms with van der Waals surface area (Å²) in [7, 11) is 0. The lowest BCUT2D eigenvalue weighted by atomic mass is 9.96. The molecule has 0 fully saturated rings. The average molecular weight is 704 g/mol. The molecule has 0 atom stereocenters. The van der Waals surface area contributed by atoms with E-state index in [-0.39, 0.29) is 0 Å². The van der Waals surface area contributed by atoms with E-state index in [1.807, 2.05) is 24.3 Å². The summed E-state index contributed by atoms with van der Waals surface area (Å²) in [5.74, 6) is 0. The number of fused-ring (bicyclic) bond motifs is 7. The molecule has 0 aliphatic heterocycles. The molecule has 258 valence electrons. The maximum absolute atomic E-state index is 6.41. The van der Waals surface area contributed by atoms with Gasteiger partial charge in [0.25, 0.3) is 0 Å². The van der Waals surface area contributed by atoms with Crippen LogP contribution in [0, 0.1) is 0 Å². The standard InChI is InChI=1S/C52H33NO2/c1-2-12-41-36(10-1)11-9-16-42(41)37-22-20-34(21-23-37)35-24-27-39(28-25-35)53(40-29-31-47-45-15-5-8-19-50(45)55-52(47)33-40)48-17-6-3-13-43(48)38-26-30-46-44-14-4-7-18-49(44)54-51(46)32-38/h1-33H. The number of benzene rings is 9. The molecule has 0 saturated heterocycles. The number of rotatable bonds is 6. The van der Waals surface area contributed by atoms with E-state index in [0.717, 1.165) is 77.6 Å². The molecule has 9 aromatic carbocycles. The Kier molecular flexibility index (Phi) is 7.17. The first kappa shape index (κ1) is 31.2. The second-order valence-corrected chi connectivity index (χ2v) is 14.1. The maximum atomic E-state index is 6.41. The van der Waals surface area contributed by atoms with Crippen LogP contribution < -0.4 is 4.90 Å². The van der Waals surface area contributed by atoms with E-state index in [1.54, 1.807) is 0 Å². The van der Waals surface area contributed by atoms with Crippen LogP contribution in [0.15, 0.2) is 209 Å². The number of furan rings is 2. The minimum Gasteiger partial charge on any atom is -0.456 e. The molecule has 3 heteroatoms. The van der Waals surface area contributed by atoms with Crippen molar-refractivity contribution in [2.45, 2.75) is 0 Å². The molecule has 2 aromatic heterocycles. The summed E-state index contributed by atoms with van der Waals surface area (Å²) >= 11 is 0. The van der Waals surface area contributed by atoms with Gasteiger partial charge in [0.2, 0.25) is 0 Å². The molecule has 11 aromatic rings. The van der Waals surface area contributed by atoms with Gasteiger partial charge in [-0.05, 0) is 93.2 Å². The van der Waals surface area contributed by atoms with Gasteiger partial charge in [-0.1, -0.05) is 140 Å². The molecular formula is C52H33NO2. The maximum Gasteiger partial charge on any atom is 0.137 e. The highest BCUT2D eigenvalue weighted by Crippen LogP contribution is 2.44. The third-order valence-corrected chi connectivity index (χ3v) is 10.9. The molecule has 0 unspecified atom stereocenters. The Hall–Kier alpha value is -7.36. The highest BCUT2D eigenvalue weighted by atomic mass is 16.3. The Morgan fingerprint density at radius 2 is 0.782 bits per heavy atom. The van der Waals surface area contributed by atoms with E-state index >= 15 is 0 Å². The highest BCUT2D eigenvalue weighted by molar-refractivity contribution is 6.08. The second kappa shape index (κ2) is 12.6. The van der Waals surface area contributed by atoms with Crippen molar-refractivity contribution in [1.29, 1.82) is 0 Å². The molecule has 0 aliphatic carbocycles. The van der Waals surface area contributed by atoms with Gasteiger partial charge < -0.3 is 13.7 Å². The van der Waals surface area contributed by atoms with Crippen molar-refractivity contribution < 1.29 is 8.83 Å². The van der Waals surface area contributed by atoms with Crippen LogP contribution in [0.1, 0.15) is 0 Å². The Labute approximate surface area is 317 Å². The zero-order valence-corrected chi connectivity index (χ0v) is 29.8. The topological polar surface area (TPSA) is 29.5 Å². The van der Waals surface area contributed by atoms with Crippen LogP contribution in [0.5, 0.6) is 0 Å². The molecule has 0 saturated carbocycles. The molecule has 0 spiro atoms. The minimum atomic E-state index is 0.854. The fraction of sp³-hybridized carbons (Fsp3) is 0. The molecule has 0 aliphatic rings. The van der Waals surface area contributed by atoms with Gasteiger partial charge in [-0.2, -0.15) is 0 Å². The van der Waals surface area contributed by atoms with Crippen molar-refractivity contribution in [3.8, 4) is 33.4 Å². The first-order valence-corrected chi connectivity index (χ1v) is 18.7. The number of hydrogen-bond donors (Lipinski definition) is 0. The SMILES string of the molecule is c1ccc(N(c2ccc(-c3ccc(-c4cccc5ccccc45)cc3)cc2)c2ccc3c(c2)oc2ccccc23)c(-c2ccc3c(c2)oc2ccccc23)c1. The van der Waals surface area contributed by atoms with E-state index in [0.29, 0.717) is 0 Å². The molecule has 3 nitrogen and oxygen atoms in total. The molecule has 11 rings (SSSR count). The summed E-state index contributed by atoms with van der Waals surface area (Å²) in [5, 5.41) is 6.98. The molecule has 0 bridgehead atoms. The average Bonchev–Trinajstić information content (AvgIpc) is 3.82. The molecule has 0 N–H and O–H groups in total. The Morgan fingerprint density at radius 3 is 1.53 bits per heavy atom. The van der Waals surface area contributed by atoms with E-state index in [9.17, 15) is 0 Å². The first-order valence-electron chi connectivity index (χ1n) is 18.7.